The fourth-order valence-corrected chi connectivity index (χ4v) is 6.28. The molecule has 3 aliphatic rings. The van der Waals surface area contributed by atoms with Gasteiger partial charge < -0.3 is 25.5 Å². The van der Waals surface area contributed by atoms with Gasteiger partial charge in [0.05, 0.1) is 30.3 Å². The molecule has 0 heterocycles. The minimum Gasteiger partial charge on any atom is -0.481 e. The van der Waals surface area contributed by atoms with Crippen LogP contribution in [-0.4, -0.2) is 56.4 Å². The van der Waals surface area contributed by atoms with Gasteiger partial charge in [-0.25, -0.2) is 0 Å². The SMILES string of the molecule is C[C@]12C[C@H](O)C[C@](C)(C(=O)O)[C@@H]1C[C@@H](O)C1=C[C@](C)([C@H](O)CO)CC[C@@H]12. The van der Waals surface area contributed by atoms with E-state index >= 15 is 0 Å². The van der Waals surface area contributed by atoms with Crippen molar-refractivity contribution in [2.45, 2.75) is 71.2 Å². The third kappa shape index (κ3) is 2.73. The van der Waals surface area contributed by atoms with E-state index in [2.05, 4.69) is 6.92 Å². The molecule has 0 aromatic carbocycles. The molecule has 148 valence electrons. The Morgan fingerprint density at radius 1 is 1.27 bits per heavy atom. The van der Waals surface area contributed by atoms with Crippen molar-refractivity contribution in [1.82, 2.24) is 0 Å². The van der Waals surface area contributed by atoms with Crippen LogP contribution in [0.2, 0.25) is 0 Å². The van der Waals surface area contributed by atoms with Crippen molar-refractivity contribution in [3.05, 3.63) is 11.6 Å². The number of fused-ring (bicyclic) bond motifs is 3. The highest BCUT2D eigenvalue weighted by Gasteiger charge is 2.62. The molecule has 0 aromatic heterocycles. The summed E-state index contributed by atoms with van der Waals surface area (Å²) in [6.07, 6.45) is 2.02. The summed E-state index contributed by atoms with van der Waals surface area (Å²) in [6.45, 7) is 5.30. The second-order valence-corrected chi connectivity index (χ2v) is 9.53. The van der Waals surface area contributed by atoms with Gasteiger partial charge in [-0.1, -0.05) is 19.9 Å². The molecule has 0 aromatic rings. The molecule has 0 unspecified atom stereocenters. The number of carboxylic acid groups (broad SMARTS) is 1. The molecule has 2 saturated carbocycles. The molecule has 2 fully saturated rings. The molecule has 0 spiro atoms. The first kappa shape index (κ1) is 19.8. The van der Waals surface area contributed by atoms with Crippen molar-refractivity contribution in [3.8, 4) is 0 Å². The molecule has 6 heteroatoms. The summed E-state index contributed by atoms with van der Waals surface area (Å²) in [5.41, 5.74) is -1.24. The number of aliphatic carboxylic acids is 1. The number of rotatable bonds is 3. The first-order valence-electron chi connectivity index (χ1n) is 9.59. The van der Waals surface area contributed by atoms with Crippen LogP contribution in [0, 0.1) is 28.1 Å². The van der Waals surface area contributed by atoms with Gasteiger partial charge in [-0.15, -0.1) is 0 Å². The van der Waals surface area contributed by atoms with E-state index in [1.54, 1.807) is 6.92 Å². The second kappa shape index (κ2) is 6.30. The Balaban J connectivity index is 2.05. The molecule has 0 aliphatic heterocycles. The van der Waals surface area contributed by atoms with E-state index in [4.69, 9.17) is 0 Å². The number of aliphatic hydroxyl groups excluding tert-OH is 4. The molecule has 3 rings (SSSR count). The van der Waals surface area contributed by atoms with E-state index in [-0.39, 0.29) is 24.9 Å². The molecule has 0 saturated heterocycles. The normalized spacial score (nSPS) is 49.6. The van der Waals surface area contributed by atoms with E-state index in [1.165, 1.54) is 0 Å². The summed E-state index contributed by atoms with van der Waals surface area (Å²) in [6, 6.07) is 0. The predicted octanol–water partition coefficient (Wildman–Crippen LogP) is 1.31. The van der Waals surface area contributed by atoms with Crippen LogP contribution in [0.5, 0.6) is 0 Å². The van der Waals surface area contributed by atoms with Crippen LogP contribution in [0.4, 0.5) is 0 Å². The molecule has 0 amide bonds. The zero-order valence-electron chi connectivity index (χ0n) is 15.9. The van der Waals surface area contributed by atoms with Gasteiger partial charge in [0.25, 0.3) is 0 Å². The number of hydrogen-bond acceptors (Lipinski definition) is 5. The standard InChI is InChI=1S/C20H32O6/c1-18(16(24)10-21)5-4-13-12(9-18)14(23)6-15-19(13,2)7-11(22)8-20(15,3)17(25)26/h9,11,13-16,21-24H,4-8,10H2,1-3H3,(H,25,26)/t11-,13-,14+,15+,16+,18+,19+,20-/m0/s1. The van der Waals surface area contributed by atoms with Crippen molar-refractivity contribution in [3.63, 3.8) is 0 Å². The fraction of sp³-hybridized carbons (Fsp3) is 0.850. The number of hydrogen-bond donors (Lipinski definition) is 5. The molecule has 8 atom stereocenters. The third-order valence-corrected chi connectivity index (χ3v) is 7.83. The maximum atomic E-state index is 12.0. The second-order valence-electron chi connectivity index (χ2n) is 9.53. The van der Waals surface area contributed by atoms with Crippen LogP contribution in [0.1, 0.15) is 52.9 Å². The summed E-state index contributed by atoms with van der Waals surface area (Å²) in [5, 5.41) is 50.8. The van der Waals surface area contributed by atoms with Crippen LogP contribution < -0.4 is 0 Å². The number of carboxylic acids is 1. The van der Waals surface area contributed by atoms with Crippen molar-refractivity contribution in [2.24, 2.45) is 28.1 Å². The molecule has 6 nitrogen and oxygen atoms in total. The van der Waals surface area contributed by atoms with E-state index in [0.29, 0.717) is 25.7 Å². The number of carbonyl (C=O) groups is 1. The average Bonchev–Trinajstić information content (AvgIpc) is 2.55. The van der Waals surface area contributed by atoms with Crippen LogP contribution in [0.15, 0.2) is 11.6 Å². The molecule has 0 bridgehead atoms. The Labute approximate surface area is 154 Å². The highest BCUT2D eigenvalue weighted by Crippen LogP contribution is 2.64. The van der Waals surface area contributed by atoms with Gasteiger partial charge in [0, 0.05) is 5.41 Å². The quantitative estimate of drug-likeness (QED) is 0.480. The Morgan fingerprint density at radius 3 is 2.50 bits per heavy atom. The summed E-state index contributed by atoms with van der Waals surface area (Å²) in [7, 11) is 0. The lowest BCUT2D eigenvalue weighted by Gasteiger charge is -2.61. The molecule has 26 heavy (non-hydrogen) atoms. The van der Waals surface area contributed by atoms with Crippen LogP contribution in [-0.2, 0) is 4.79 Å². The summed E-state index contributed by atoms with van der Waals surface area (Å²) >= 11 is 0. The molecule has 5 N–H and O–H groups in total. The Bertz CT molecular complexity index is 617. The monoisotopic (exact) mass is 368 g/mol. The van der Waals surface area contributed by atoms with Gasteiger partial charge in [0.2, 0.25) is 0 Å². The zero-order valence-corrected chi connectivity index (χ0v) is 15.9. The maximum Gasteiger partial charge on any atom is 0.309 e. The van der Waals surface area contributed by atoms with Gasteiger partial charge >= 0.3 is 5.97 Å². The summed E-state index contributed by atoms with van der Waals surface area (Å²) < 4.78 is 0. The van der Waals surface area contributed by atoms with E-state index < -0.39 is 40.5 Å². The predicted molar refractivity (Wildman–Crippen MR) is 95.2 cm³/mol. The molecule has 3 aliphatic carbocycles. The van der Waals surface area contributed by atoms with Gasteiger partial charge in [-0.3, -0.25) is 4.79 Å². The lowest BCUT2D eigenvalue weighted by atomic mass is 9.44. The minimum atomic E-state index is -1.07. The van der Waals surface area contributed by atoms with Gasteiger partial charge in [-0.05, 0) is 61.9 Å². The Hall–Kier alpha value is -0.950. The van der Waals surface area contributed by atoms with Crippen molar-refractivity contribution >= 4 is 5.97 Å². The van der Waals surface area contributed by atoms with Gasteiger partial charge in [0.1, 0.15) is 0 Å². The van der Waals surface area contributed by atoms with Gasteiger partial charge in [0.15, 0.2) is 0 Å². The van der Waals surface area contributed by atoms with Crippen LogP contribution in [0.3, 0.4) is 0 Å². The van der Waals surface area contributed by atoms with Crippen molar-refractivity contribution in [1.29, 1.82) is 0 Å². The number of aliphatic hydroxyl groups is 4. The summed E-state index contributed by atoms with van der Waals surface area (Å²) in [4.78, 5) is 12.0. The highest BCUT2D eigenvalue weighted by atomic mass is 16.4. The average molecular weight is 368 g/mol. The largest absolute Gasteiger partial charge is 0.481 e. The first-order chi connectivity index (χ1) is 12.0. The Kier molecular flexibility index (Phi) is 4.80. The smallest absolute Gasteiger partial charge is 0.309 e. The third-order valence-electron chi connectivity index (χ3n) is 7.83. The summed E-state index contributed by atoms with van der Waals surface area (Å²) in [5.74, 6) is -1.16. The van der Waals surface area contributed by atoms with Gasteiger partial charge in [-0.2, -0.15) is 0 Å². The van der Waals surface area contributed by atoms with Crippen LogP contribution >= 0.6 is 0 Å². The highest BCUT2D eigenvalue weighted by molar-refractivity contribution is 5.75. The van der Waals surface area contributed by atoms with Crippen LogP contribution in [0.25, 0.3) is 0 Å². The lowest BCUT2D eigenvalue weighted by Crippen LogP contribution is -2.60. The zero-order chi connectivity index (χ0) is 19.5. The minimum absolute atomic E-state index is 0.0242. The topological polar surface area (TPSA) is 118 Å². The molecular weight excluding hydrogens is 336 g/mol. The fourth-order valence-electron chi connectivity index (χ4n) is 6.28. The maximum absolute atomic E-state index is 12.0. The molecular formula is C20H32O6. The van der Waals surface area contributed by atoms with E-state index in [0.717, 1.165) is 5.57 Å². The lowest BCUT2D eigenvalue weighted by molar-refractivity contribution is -0.179. The molecule has 0 radical (unpaired) electrons. The first-order valence-corrected chi connectivity index (χ1v) is 9.59. The Morgan fingerprint density at radius 2 is 1.92 bits per heavy atom. The van der Waals surface area contributed by atoms with Crippen molar-refractivity contribution < 1.29 is 30.3 Å². The van der Waals surface area contributed by atoms with E-state index in [9.17, 15) is 30.3 Å². The van der Waals surface area contributed by atoms with Crippen molar-refractivity contribution in [2.75, 3.05) is 6.61 Å². The van der Waals surface area contributed by atoms with E-state index in [1.807, 2.05) is 13.0 Å².